The fraction of sp³-hybridized carbons (Fsp3) is 0.640. The Kier molecular flexibility index (Phi) is 12.1. The van der Waals surface area contributed by atoms with Gasteiger partial charge < -0.3 is 37.9 Å². The Balaban J connectivity index is 0.000000132. The predicted octanol–water partition coefficient (Wildman–Crippen LogP) is 6.42. The maximum atomic E-state index is 13.3. The SMILES string of the molecule is Cc1c2n(cc(C(C)C)c1=O)C[C@@]1(C)C[C@@H]3CC[C@@H](C3)N1C2=O.Cc1c2n(cc(C(C)C)c1=O)C[C@H]1OCC[C@H](C)N1C2=O.Cc1c2n(cc(C(C)C)c1=O)C[C@H]1OC[C@H](C)N1C2=O. The van der Waals surface area contributed by atoms with Crippen molar-refractivity contribution in [2.75, 3.05) is 13.2 Å². The summed E-state index contributed by atoms with van der Waals surface area (Å²) in [5.41, 5.74) is 5.71. The molecule has 0 radical (unpaired) electrons. The largest absolute Gasteiger partial charge is 0.356 e. The standard InChI is InChI=1S/C19H26N2O2.C16H22N2O3.C15H20N2O3/c1-11(2)15-9-20-10-19(4)8-13-5-6-14(7-13)21(19)18(23)16(20)12(3)17(15)22;1-9(2)12-7-17-8-13-18(10(3)5-6-21-13)16(20)14(17)11(4)15(12)19;1-8(2)11-5-16-6-12-17(9(3)7-20-12)15(19)13(16)10(4)14(11)18/h9,11,13-14H,5-8,10H2,1-4H3;7,9-10,13H,5-6,8H2,1-4H3;5,8-9,12H,6-7H2,1-4H3/t13-,14+,19-;10-,13+;9-,12+/m100/s1. The number of aromatic nitrogens is 3. The van der Waals surface area contributed by atoms with Gasteiger partial charge in [-0.05, 0) is 97.3 Å². The van der Waals surface area contributed by atoms with Crippen molar-refractivity contribution in [1.82, 2.24) is 28.4 Å². The molecule has 10 rings (SSSR count). The van der Waals surface area contributed by atoms with Crippen molar-refractivity contribution in [3.05, 3.63) is 99.7 Å². The van der Waals surface area contributed by atoms with Crippen molar-refractivity contribution in [2.24, 2.45) is 5.92 Å². The molecule has 3 aromatic rings. The number of carbonyl (C=O) groups is 3. The molecule has 346 valence electrons. The van der Waals surface area contributed by atoms with Crippen molar-refractivity contribution >= 4 is 17.7 Å². The number of nitrogens with zero attached hydrogens (tertiary/aromatic N) is 6. The van der Waals surface area contributed by atoms with Crippen molar-refractivity contribution in [2.45, 2.75) is 189 Å². The van der Waals surface area contributed by atoms with Crippen LogP contribution in [0.1, 0.15) is 177 Å². The van der Waals surface area contributed by atoms with Gasteiger partial charge in [0.1, 0.15) is 17.1 Å². The predicted molar refractivity (Wildman–Crippen MR) is 244 cm³/mol. The monoisotopic (exact) mass is 881 g/mol. The number of hydrogen-bond acceptors (Lipinski definition) is 8. The second-order valence-corrected chi connectivity index (χ2v) is 20.8. The van der Waals surface area contributed by atoms with E-state index in [-0.39, 0.29) is 81.8 Å². The zero-order valence-corrected chi connectivity index (χ0v) is 39.9. The lowest BCUT2D eigenvalue weighted by Crippen LogP contribution is -2.62. The van der Waals surface area contributed by atoms with Crippen LogP contribution in [0.15, 0.2) is 33.0 Å². The zero-order valence-electron chi connectivity index (χ0n) is 39.9. The number of fused-ring (bicyclic) bond motifs is 9. The normalized spacial score (nSPS) is 27.6. The first kappa shape index (κ1) is 45.7. The second-order valence-electron chi connectivity index (χ2n) is 20.8. The Morgan fingerprint density at radius 3 is 1.55 bits per heavy atom. The Labute approximate surface area is 376 Å². The molecule has 7 aliphatic rings. The Morgan fingerprint density at radius 1 is 0.594 bits per heavy atom. The second kappa shape index (κ2) is 16.9. The first-order chi connectivity index (χ1) is 30.1. The molecule has 14 heteroatoms. The molecule has 14 nitrogen and oxygen atoms in total. The van der Waals surface area contributed by atoms with Crippen LogP contribution in [0.3, 0.4) is 0 Å². The highest BCUT2D eigenvalue weighted by Gasteiger charge is 2.52. The molecule has 9 heterocycles. The van der Waals surface area contributed by atoms with Gasteiger partial charge in [0.15, 0.2) is 28.7 Å². The van der Waals surface area contributed by atoms with E-state index in [0.717, 1.165) is 54.8 Å². The van der Waals surface area contributed by atoms with E-state index >= 15 is 0 Å². The van der Waals surface area contributed by atoms with Crippen molar-refractivity contribution in [3.8, 4) is 0 Å². The third-order valence-electron chi connectivity index (χ3n) is 15.1. The van der Waals surface area contributed by atoms with Crippen molar-refractivity contribution in [1.29, 1.82) is 0 Å². The molecule has 0 N–H and O–H groups in total. The molecule has 3 aromatic heterocycles. The highest BCUT2D eigenvalue weighted by atomic mass is 16.5. The van der Waals surface area contributed by atoms with Gasteiger partial charge >= 0.3 is 0 Å². The Hall–Kier alpha value is -4.82. The molecule has 7 atom stereocenters. The Bertz CT molecular complexity index is 2590. The van der Waals surface area contributed by atoms with Crippen molar-refractivity contribution < 1.29 is 23.9 Å². The maximum Gasteiger partial charge on any atom is 0.273 e. The van der Waals surface area contributed by atoms with Crippen molar-refractivity contribution in [3.63, 3.8) is 0 Å². The third kappa shape index (κ3) is 7.49. The molecule has 3 saturated heterocycles. The minimum absolute atomic E-state index is 0.00590. The molecule has 6 aliphatic heterocycles. The first-order valence-electron chi connectivity index (χ1n) is 23.6. The third-order valence-corrected chi connectivity index (χ3v) is 15.1. The van der Waals surface area contributed by atoms with Gasteiger partial charge in [-0.15, -0.1) is 0 Å². The molecule has 3 amide bonds. The average molecular weight is 881 g/mol. The molecule has 0 unspecified atom stereocenters. The van der Waals surface area contributed by atoms with E-state index in [9.17, 15) is 28.8 Å². The molecular weight excluding hydrogens is 813 g/mol. The van der Waals surface area contributed by atoms with E-state index < -0.39 is 0 Å². The van der Waals surface area contributed by atoms with Crippen LogP contribution >= 0.6 is 0 Å². The first-order valence-corrected chi connectivity index (χ1v) is 23.6. The van der Waals surface area contributed by atoms with Gasteiger partial charge in [-0.3, -0.25) is 28.8 Å². The highest BCUT2D eigenvalue weighted by molar-refractivity contribution is 5.96. The number of amides is 3. The topological polar surface area (TPSA) is 145 Å². The lowest BCUT2D eigenvalue weighted by molar-refractivity contribution is -0.112. The van der Waals surface area contributed by atoms with Gasteiger partial charge in [0.25, 0.3) is 17.7 Å². The van der Waals surface area contributed by atoms with Crippen LogP contribution in [0.5, 0.6) is 0 Å². The maximum absolute atomic E-state index is 13.3. The van der Waals surface area contributed by atoms with Gasteiger partial charge in [-0.25, -0.2) is 0 Å². The fourth-order valence-corrected chi connectivity index (χ4v) is 11.7. The lowest BCUT2D eigenvalue weighted by atomic mass is 9.80. The zero-order chi connectivity index (χ0) is 46.4. The number of carbonyl (C=O) groups excluding carboxylic acids is 3. The number of rotatable bonds is 3. The summed E-state index contributed by atoms with van der Waals surface area (Å²) in [6.45, 7) is 26.9. The summed E-state index contributed by atoms with van der Waals surface area (Å²) in [5, 5.41) is 0. The summed E-state index contributed by atoms with van der Waals surface area (Å²) in [5.74, 6) is 1.15. The lowest BCUT2D eigenvalue weighted by Gasteiger charge is -2.52. The molecule has 1 saturated carbocycles. The van der Waals surface area contributed by atoms with E-state index in [2.05, 4.69) is 16.4 Å². The van der Waals surface area contributed by atoms with Crippen LogP contribution in [-0.4, -0.2) is 95.5 Å². The number of hydrogen-bond donors (Lipinski definition) is 0. The summed E-state index contributed by atoms with van der Waals surface area (Å²) in [6, 6.07) is 0.601. The molecule has 4 fully saturated rings. The summed E-state index contributed by atoms with van der Waals surface area (Å²) in [4.78, 5) is 81.9. The minimum atomic E-state index is -0.212. The van der Waals surface area contributed by atoms with Gasteiger partial charge in [0.2, 0.25) is 0 Å². The molecule has 0 aromatic carbocycles. The molecular formula is C50H68N6O8. The van der Waals surface area contributed by atoms with E-state index in [1.807, 2.05) is 90.0 Å². The number of pyridine rings is 3. The van der Waals surface area contributed by atoms with Crippen LogP contribution in [0.25, 0.3) is 0 Å². The molecule has 0 spiro atoms. The molecule has 1 aliphatic carbocycles. The van der Waals surface area contributed by atoms with Crippen LogP contribution in [0, 0.1) is 26.7 Å². The van der Waals surface area contributed by atoms with Gasteiger partial charge in [0.05, 0.1) is 37.9 Å². The van der Waals surface area contributed by atoms with E-state index in [1.54, 1.807) is 23.6 Å². The smallest absolute Gasteiger partial charge is 0.273 e. The van der Waals surface area contributed by atoms with Gasteiger partial charge in [-0.1, -0.05) is 41.5 Å². The molecule has 2 bridgehead atoms. The minimum Gasteiger partial charge on any atom is -0.356 e. The summed E-state index contributed by atoms with van der Waals surface area (Å²) < 4.78 is 17.3. The van der Waals surface area contributed by atoms with Crippen LogP contribution in [0.4, 0.5) is 0 Å². The van der Waals surface area contributed by atoms with E-state index in [1.165, 1.54) is 6.42 Å². The summed E-state index contributed by atoms with van der Waals surface area (Å²) in [6.07, 6.45) is 10.7. The Morgan fingerprint density at radius 2 is 1.05 bits per heavy atom. The quantitative estimate of drug-likeness (QED) is 0.293. The van der Waals surface area contributed by atoms with Gasteiger partial charge in [-0.2, -0.15) is 0 Å². The van der Waals surface area contributed by atoms with Crippen LogP contribution in [-0.2, 0) is 29.1 Å². The van der Waals surface area contributed by atoms with E-state index in [4.69, 9.17) is 9.47 Å². The highest BCUT2D eigenvalue weighted by Crippen LogP contribution is 2.48. The van der Waals surface area contributed by atoms with Crippen LogP contribution < -0.4 is 16.3 Å². The van der Waals surface area contributed by atoms with Gasteiger partial charge in [0, 0.05) is 70.6 Å². The fourth-order valence-electron chi connectivity index (χ4n) is 11.7. The van der Waals surface area contributed by atoms with Crippen LogP contribution in [0.2, 0.25) is 0 Å². The van der Waals surface area contributed by atoms with E-state index in [0.29, 0.717) is 66.1 Å². The number of ether oxygens (including phenoxy) is 2. The molecule has 64 heavy (non-hydrogen) atoms. The summed E-state index contributed by atoms with van der Waals surface area (Å²) >= 11 is 0. The number of piperidine rings is 1. The average Bonchev–Trinajstić information content (AvgIpc) is 3.80. The summed E-state index contributed by atoms with van der Waals surface area (Å²) in [7, 11) is 0.